The summed E-state index contributed by atoms with van der Waals surface area (Å²) in [6.07, 6.45) is 2.25. The zero-order valence-electron chi connectivity index (χ0n) is 10.2. The molecule has 5 nitrogen and oxygen atoms in total. The summed E-state index contributed by atoms with van der Waals surface area (Å²) in [6, 6.07) is 4.74. The molecule has 1 N–H and O–H groups in total. The molecular weight excluding hydrogens is 234 g/mol. The van der Waals surface area contributed by atoms with Gasteiger partial charge in [0, 0.05) is 13.0 Å². The summed E-state index contributed by atoms with van der Waals surface area (Å²) in [5, 5.41) is 9.21. The third-order valence-corrected chi connectivity index (χ3v) is 3.05. The number of hydrogen-bond acceptors (Lipinski definition) is 3. The minimum atomic E-state index is -1.05. The highest BCUT2D eigenvalue weighted by molar-refractivity contribution is 6.02. The van der Waals surface area contributed by atoms with E-state index in [1.807, 2.05) is 0 Å². The SMILES string of the molecule is COc1ccc(N2CCCCC2=O)c(C(=O)O)c1. The molecule has 0 atom stereocenters. The molecule has 1 aromatic rings. The van der Waals surface area contributed by atoms with Crippen molar-refractivity contribution < 1.29 is 19.4 Å². The Kier molecular flexibility index (Phi) is 3.50. The number of hydrogen-bond donors (Lipinski definition) is 1. The summed E-state index contributed by atoms with van der Waals surface area (Å²) in [7, 11) is 1.48. The van der Waals surface area contributed by atoms with Gasteiger partial charge in [0.1, 0.15) is 5.75 Å². The topological polar surface area (TPSA) is 66.8 Å². The van der Waals surface area contributed by atoms with Crippen molar-refractivity contribution in [1.29, 1.82) is 0 Å². The highest BCUT2D eigenvalue weighted by atomic mass is 16.5. The molecule has 1 aliphatic rings. The molecule has 2 rings (SSSR count). The van der Waals surface area contributed by atoms with Crippen LogP contribution < -0.4 is 9.64 Å². The second kappa shape index (κ2) is 5.08. The number of carboxylic acids is 1. The number of rotatable bonds is 3. The Hall–Kier alpha value is -2.04. The number of anilines is 1. The van der Waals surface area contributed by atoms with Gasteiger partial charge in [-0.15, -0.1) is 0 Å². The first kappa shape index (κ1) is 12.4. The maximum Gasteiger partial charge on any atom is 0.337 e. The molecule has 1 fully saturated rings. The van der Waals surface area contributed by atoms with Crippen molar-refractivity contribution >= 4 is 17.6 Å². The maximum absolute atomic E-state index is 11.8. The standard InChI is InChI=1S/C13H15NO4/c1-18-9-5-6-11(10(8-9)13(16)17)14-7-3-2-4-12(14)15/h5-6,8H,2-4,7H2,1H3,(H,16,17). The summed E-state index contributed by atoms with van der Waals surface area (Å²) >= 11 is 0. The monoisotopic (exact) mass is 249 g/mol. The zero-order valence-corrected chi connectivity index (χ0v) is 10.2. The van der Waals surface area contributed by atoms with E-state index in [1.165, 1.54) is 13.2 Å². The van der Waals surface area contributed by atoms with Gasteiger partial charge in [-0.3, -0.25) is 4.79 Å². The maximum atomic E-state index is 11.8. The van der Waals surface area contributed by atoms with E-state index in [4.69, 9.17) is 4.74 Å². The van der Waals surface area contributed by atoms with Crippen LogP contribution in [0.15, 0.2) is 18.2 Å². The first-order chi connectivity index (χ1) is 8.63. The van der Waals surface area contributed by atoms with Gasteiger partial charge >= 0.3 is 5.97 Å². The number of benzene rings is 1. The van der Waals surface area contributed by atoms with Gasteiger partial charge in [0.25, 0.3) is 0 Å². The fourth-order valence-electron chi connectivity index (χ4n) is 2.11. The van der Waals surface area contributed by atoms with E-state index in [0.717, 1.165) is 12.8 Å². The predicted octanol–water partition coefficient (Wildman–Crippen LogP) is 1.91. The zero-order chi connectivity index (χ0) is 13.1. The minimum absolute atomic E-state index is 0.0195. The number of aromatic carboxylic acids is 1. The number of carbonyl (C=O) groups excluding carboxylic acids is 1. The second-order valence-electron chi connectivity index (χ2n) is 4.19. The molecular formula is C13H15NO4. The minimum Gasteiger partial charge on any atom is -0.497 e. The Balaban J connectivity index is 2.42. The lowest BCUT2D eigenvalue weighted by molar-refractivity contribution is -0.119. The van der Waals surface area contributed by atoms with Crippen LogP contribution in [0.1, 0.15) is 29.6 Å². The van der Waals surface area contributed by atoms with E-state index in [2.05, 4.69) is 0 Å². The van der Waals surface area contributed by atoms with Crippen molar-refractivity contribution in [3.05, 3.63) is 23.8 Å². The summed E-state index contributed by atoms with van der Waals surface area (Å²) in [4.78, 5) is 24.6. The number of methoxy groups -OCH3 is 1. The Bertz CT molecular complexity index is 484. The lowest BCUT2D eigenvalue weighted by Gasteiger charge is -2.28. The van der Waals surface area contributed by atoms with Gasteiger partial charge in [0.15, 0.2) is 0 Å². The number of piperidine rings is 1. The second-order valence-corrected chi connectivity index (χ2v) is 4.19. The first-order valence-corrected chi connectivity index (χ1v) is 5.85. The molecule has 0 radical (unpaired) electrons. The predicted molar refractivity (Wildman–Crippen MR) is 66.2 cm³/mol. The fraction of sp³-hybridized carbons (Fsp3) is 0.385. The molecule has 0 spiro atoms. The molecule has 1 aliphatic heterocycles. The first-order valence-electron chi connectivity index (χ1n) is 5.85. The molecule has 1 saturated heterocycles. The number of amides is 1. The van der Waals surface area contributed by atoms with Crippen molar-refractivity contribution in [2.75, 3.05) is 18.6 Å². The lowest BCUT2D eigenvalue weighted by Crippen LogP contribution is -2.36. The Morgan fingerprint density at radius 3 is 2.78 bits per heavy atom. The van der Waals surface area contributed by atoms with Crippen molar-refractivity contribution in [3.8, 4) is 5.75 Å². The molecule has 0 aliphatic carbocycles. The molecule has 0 unspecified atom stereocenters. The van der Waals surface area contributed by atoms with Gasteiger partial charge in [-0.2, -0.15) is 0 Å². The number of carboxylic acid groups (broad SMARTS) is 1. The molecule has 5 heteroatoms. The van der Waals surface area contributed by atoms with Crippen LogP contribution in [-0.2, 0) is 4.79 Å². The highest BCUT2D eigenvalue weighted by Gasteiger charge is 2.24. The van der Waals surface area contributed by atoms with Gasteiger partial charge < -0.3 is 14.7 Å². The van der Waals surface area contributed by atoms with Crippen LogP contribution in [0.4, 0.5) is 5.69 Å². The molecule has 0 bridgehead atoms. The van der Waals surface area contributed by atoms with E-state index in [0.29, 0.717) is 24.4 Å². The van der Waals surface area contributed by atoms with Gasteiger partial charge in [0.05, 0.1) is 18.4 Å². The van der Waals surface area contributed by atoms with Crippen molar-refractivity contribution in [2.45, 2.75) is 19.3 Å². The van der Waals surface area contributed by atoms with Gasteiger partial charge in [0.2, 0.25) is 5.91 Å². The Morgan fingerprint density at radius 1 is 1.39 bits per heavy atom. The van der Waals surface area contributed by atoms with E-state index in [-0.39, 0.29) is 11.5 Å². The lowest BCUT2D eigenvalue weighted by atomic mass is 10.1. The quantitative estimate of drug-likeness (QED) is 0.888. The number of carbonyl (C=O) groups is 2. The Morgan fingerprint density at radius 2 is 2.17 bits per heavy atom. The molecule has 1 aromatic carbocycles. The van der Waals surface area contributed by atoms with Crippen LogP contribution >= 0.6 is 0 Å². The fourth-order valence-corrected chi connectivity index (χ4v) is 2.11. The third-order valence-electron chi connectivity index (χ3n) is 3.05. The van der Waals surface area contributed by atoms with E-state index < -0.39 is 5.97 Å². The summed E-state index contributed by atoms with van der Waals surface area (Å²) < 4.78 is 5.01. The molecule has 1 amide bonds. The Labute approximate surface area is 105 Å². The average Bonchev–Trinajstić information content (AvgIpc) is 2.38. The smallest absolute Gasteiger partial charge is 0.337 e. The van der Waals surface area contributed by atoms with Crippen LogP contribution in [0.25, 0.3) is 0 Å². The van der Waals surface area contributed by atoms with Crippen molar-refractivity contribution in [3.63, 3.8) is 0 Å². The van der Waals surface area contributed by atoms with E-state index in [9.17, 15) is 14.7 Å². The summed E-state index contributed by atoms with van der Waals surface area (Å²) in [6.45, 7) is 0.575. The largest absolute Gasteiger partial charge is 0.497 e. The van der Waals surface area contributed by atoms with Crippen molar-refractivity contribution in [1.82, 2.24) is 0 Å². The normalized spacial score (nSPS) is 15.6. The molecule has 1 heterocycles. The van der Waals surface area contributed by atoms with Gasteiger partial charge in [-0.25, -0.2) is 4.79 Å². The molecule has 18 heavy (non-hydrogen) atoms. The summed E-state index contributed by atoms with van der Waals surface area (Å²) in [5.41, 5.74) is 0.553. The van der Waals surface area contributed by atoms with Crippen molar-refractivity contribution in [2.24, 2.45) is 0 Å². The highest BCUT2D eigenvalue weighted by Crippen LogP contribution is 2.28. The van der Waals surface area contributed by atoms with E-state index >= 15 is 0 Å². The number of ether oxygens (including phenoxy) is 1. The number of nitrogens with zero attached hydrogens (tertiary/aromatic N) is 1. The third kappa shape index (κ3) is 2.30. The van der Waals surface area contributed by atoms with Crippen LogP contribution in [0, 0.1) is 0 Å². The molecule has 0 aromatic heterocycles. The summed E-state index contributed by atoms with van der Waals surface area (Å²) in [5.74, 6) is -0.600. The molecule has 0 saturated carbocycles. The van der Waals surface area contributed by atoms with Crippen LogP contribution in [0.3, 0.4) is 0 Å². The van der Waals surface area contributed by atoms with Gasteiger partial charge in [-0.05, 0) is 31.0 Å². The average molecular weight is 249 g/mol. The van der Waals surface area contributed by atoms with Crippen LogP contribution in [0.2, 0.25) is 0 Å². The van der Waals surface area contributed by atoms with Gasteiger partial charge in [-0.1, -0.05) is 0 Å². The van der Waals surface area contributed by atoms with E-state index in [1.54, 1.807) is 17.0 Å². The van der Waals surface area contributed by atoms with Crippen LogP contribution in [0.5, 0.6) is 5.75 Å². The molecule has 96 valence electrons. The van der Waals surface area contributed by atoms with Crippen LogP contribution in [-0.4, -0.2) is 30.6 Å².